The molecule has 0 atom stereocenters. The van der Waals surface area contributed by atoms with Crippen molar-refractivity contribution in [3.05, 3.63) is 23.3 Å². The molecule has 16 heavy (non-hydrogen) atoms. The number of nitrogen functional groups attached to an aromatic ring is 1. The molecule has 3 heteroatoms. The lowest BCUT2D eigenvalue weighted by atomic mass is 9.85. The first-order valence-electron chi connectivity index (χ1n) is 5.62. The Labute approximate surface area is 96.2 Å². The van der Waals surface area contributed by atoms with Crippen molar-refractivity contribution >= 4 is 17.3 Å². The molecule has 2 rings (SSSR count). The average molecular weight is 218 g/mol. The van der Waals surface area contributed by atoms with Crippen molar-refractivity contribution in [2.24, 2.45) is 0 Å². The summed E-state index contributed by atoms with van der Waals surface area (Å²) >= 11 is 0. The van der Waals surface area contributed by atoms with Crippen LogP contribution < -0.4 is 10.6 Å². The number of likely N-dealkylation sites (N-methyl/N-ethyl adjacent to an activating group) is 1. The molecule has 0 fully saturated rings. The molecule has 1 amide bonds. The summed E-state index contributed by atoms with van der Waals surface area (Å²) in [6.07, 6.45) is 0. The summed E-state index contributed by atoms with van der Waals surface area (Å²) in [6.45, 7) is 8.64. The molecule has 1 aliphatic rings. The van der Waals surface area contributed by atoms with Gasteiger partial charge in [-0.05, 0) is 51.0 Å². The number of hydrogen-bond acceptors (Lipinski definition) is 2. The standard InChI is InChI=1S/C13H18N2O/c1-5-15-11-8(2)6-9(14)7-10(11)13(3,4)12(15)16/h6-7H,5,14H2,1-4H3. The lowest BCUT2D eigenvalue weighted by Gasteiger charge is -2.18. The number of nitrogens with two attached hydrogens (primary N) is 1. The first-order valence-corrected chi connectivity index (χ1v) is 5.62. The minimum Gasteiger partial charge on any atom is -0.399 e. The van der Waals surface area contributed by atoms with Gasteiger partial charge < -0.3 is 10.6 Å². The van der Waals surface area contributed by atoms with Crippen molar-refractivity contribution in [1.29, 1.82) is 0 Å². The quantitative estimate of drug-likeness (QED) is 0.735. The molecule has 3 nitrogen and oxygen atoms in total. The van der Waals surface area contributed by atoms with Crippen LogP contribution in [0.4, 0.5) is 11.4 Å². The number of nitrogens with zero attached hydrogens (tertiary/aromatic N) is 1. The van der Waals surface area contributed by atoms with Crippen LogP contribution in [0.5, 0.6) is 0 Å². The van der Waals surface area contributed by atoms with Crippen LogP contribution in [0.3, 0.4) is 0 Å². The number of benzene rings is 1. The van der Waals surface area contributed by atoms with E-state index in [0.29, 0.717) is 6.54 Å². The van der Waals surface area contributed by atoms with Crippen LogP contribution >= 0.6 is 0 Å². The average Bonchev–Trinajstić information content (AvgIpc) is 2.38. The van der Waals surface area contributed by atoms with Gasteiger partial charge in [-0.15, -0.1) is 0 Å². The van der Waals surface area contributed by atoms with Gasteiger partial charge >= 0.3 is 0 Å². The molecule has 0 saturated heterocycles. The molecule has 0 unspecified atom stereocenters. The van der Waals surface area contributed by atoms with E-state index in [2.05, 4.69) is 0 Å². The second-order valence-electron chi connectivity index (χ2n) is 4.91. The molecule has 0 saturated carbocycles. The fourth-order valence-corrected chi connectivity index (χ4v) is 2.50. The van der Waals surface area contributed by atoms with Gasteiger partial charge in [0.2, 0.25) is 5.91 Å². The van der Waals surface area contributed by atoms with Gasteiger partial charge in [-0.1, -0.05) is 0 Å². The predicted octanol–water partition coefficient (Wildman–Crippen LogP) is 2.22. The monoisotopic (exact) mass is 218 g/mol. The highest BCUT2D eigenvalue weighted by atomic mass is 16.2. The number of hydrogen-bond donors (Lipinski definition) is 1. The summed E-state index contributed by atoms with van der Waals surface area (Å²) < 4.78 is 0. The highest BCUT2D eigenvalue weighted by Crippen LogP contribution is 2.44. The van der Waals surface area contributed by atoms with Crippen LogP contribution in [-0.2, 0) is 10.2 Å². The second kappa shape index (κ2) is 3.24. The summed E-state index contributed by atoms with van der Waals surface area (Å²) in [6, 6.07) is 3.85. The van der Waals surface area contributed by atoms with Crippen molar-refractivity contribution in [1.82, 2.24) is 0 Å². The molecule has 1 heterocycles. The van der Waals surface area contributed by atoms with E-state index in [4.69, 9.17) is 5.73 Å². The van der Waals surface area contributed by atoms with Gasteiger partial charge in [0.15, 0.2) is 0 Å². The van der Waals surface area contributed by atoms with Crippen LogP contribution in [0.15, 0.2) is 12.1 Å². The molecule has 0 aromatic heterocycles. The Morgan fingerprint density at radius 3 is 2.56 bits per heavy atom. The molecule has 0 bridgehead atoms. The van der Waals surface area contributed by atoms with Crippen molar-refractivity contribution in [3.8, 4) is 0 Å². The first-order chi connectivity index (χ1) is 7.39. The highest BCUT2D eigenvalue weighted by Gasteiger charge is 2.43. The molecule has 1 aliphatic heterocycles. The van der Waals surface area contributed by atoms with Crippen LogP contribution in [0.2, 0.25) is 0 Å². The fourth-order valence-electron chi connectivity index (χ4n) is 2.50. The van der Waals surface area contributed by atoms with E-state index in [-0.39, 0.29) is 5.91 Å². The van der Waals surface area contributed by atoms with Gasteiger partial charge in [-0.3, -0.25) is 4.79 Å². The maximum absolute atomic E-state index is 12.3. The van der Waals surface area contributed by atoms with Crippen molar-refractivity contribution in [2.75, 3.05) is 17.2 Å². The molecule has 0 spiro atoms. The molecule has 1 aromatic rings. The topological polar surface area (TPSA) is 46.3 Å². The van der Waals surface area contributed by atoms with Crippen molar-refractivity contribution in [2.45, 2.75) is 33.1 Å². The van der Waals surface area contributed by atoms with Gasteiger partial charge in [0.1, 0.15) is 0 Å². The Hall–Kier alpha value is -1.51. The predicted molar refractivity (Wildman–Crippen MR) is 66.6 cm³/mol. The van der Waals surface area contributed by atoms with E-state index in [1.807, 2.05) is 44.7 Å². The number of fused-ring (bicyclic) bond motifs is 1. The second-order valence-corrected chi connectivity index (χ2v) is 4.91. The Balaban J connectivity index is 2.74. The van der Waals surface area contributed by atoms with Crippen LogP contribution in [0.25, 0.3) is 0 Å². The summed E-state index contributed by atoms with van der Waals surface area (Å²) in [4.78, 5) is 14.1. The lowest BCUT2D eigenvalue weighted by Crippen LogP contribution is -2.36. The van der Waals surface area contributed by atoms with E-state index in [9.17, 15) is 4.79 Å². The van der Waals surface area contributed by atoms with Gasteiger partial charge in [-0.2, -0.15) is 0 Å². The number of rotatable bonds is 1. The molecule has 0 aliphatic carbocycles. The third-order valence-electron chi connectivity index (χ3n) is 3.36. The van der Waals surface area contributed by atoms with E-state index in [1.54, 1.807) is 0 Å². The first kappa shape index (κ1) is 11.0. The SMILES string of the molecule is CCN1C(=O)C(C)(C)c2cc(N)cc(C)c21. The third kappa shape index (κ3) is 1.24. The number of aryl methyl sites for hydroxylation is 1. The van der Waals surface area contributed by atoms with E-state index in [1.165, 1.54) is 0 Å². The van der Waals surface area contributed by atoms with E-state index >= 15 is 0 Å². The molecular weight excluding hydrogens is 200 g/mol. The molecular formula is C13H18N2O. The zero-order chi connectivity index (χ0) is 12.1. The third-order valence-corrected chi connectivity index (χ3v) is 3.36. The van der Waals surface area contributed by atoms with Crippen LogP contribution in [-0.4, -0.2) is 12.5 Å². The van der Waals surface area contributed by atoms with Gasteiger partial charge in [-0.25, -0.2) is 0 Å². The minimum absolute atomic E-state index is 0.165. The zero-order valence-corrected chi connectivity index (χ0v) is 10.3. The molecule has 2 N–H and O–H groups in total. The Morgan fingerprint density at radius 2 is 2.00 bits per heavy atom. The summed E-state index contributed by atoms with van der Waals surface area (Å²) in [5.74, 6) is 0.165. The summed E-state index contributed by atoms with van der Waals surface area (Å²) in [5, 5.41) is 0. The van der Waals surface area contributed by atoms with Crippen LogP contribution in [0, 0.1) is 6.92 Å². The summed E-state index contributed by atoms with van der Waals surface area (Å²) in [7, 11) is 0. The maximum Gasteiger partial charge on any atom is 0.237 e. The van der Waals surface area contributed by atoms with Crippen LogP contribution in [0.1, 0.15) is 31.9 Å². The molecule has 86 valence electrons. The normalized spacial score (nSPS) is 17.8. The minimum atomic E-state index is -0.453. The Morgan fingerprint density at radius 1 is 1.38 bits per heavy atom. The Bertz CT molecular complexity index is 463. The van der Waals surface area contributed by atoms with E-state index < -0.39 is 5.41 Å². The van der Waals surface area contributed by atoms with Crippen molar-refractivity contribution in [3.63, 3.8) is 0 Å². The number of carbonyl (C=O) groups is 1. The fraction of sp³-hybridized carbons (Fsp3) is 0.462. The number of anilines is 2. The smallest absolute Gasteiger partial charge is 0.237 e. The summed E-state index contributed by atoms with van der Waals surface area (Å²) in [5.41, 5.74) is 9.31. The lowest BCUT2D eigenvalue weighted by molar-refractivity contribution is -0.122. The number of amides is 1. The highest BCUT2D eigenvalue weighted by molar-refractivity contribution is 6.08. The maximum atomic E-state index is 12.3. The zero-order valence-electron chi connectivity index (χ0n) is 10.3. The van der Waals surface area contributed by atoms with Gasteiger partial charge in [0, 0.05) is 12.2 Å². The molecule has 0 radical (unpaired) electrons. The van der Waals surface area contributed by atoms with Gasteiger partial charge in [0.25, 0.3) is 0 Å². The molecule has 1 aromatic carbocycles. The largest absolute Gasteiger partial charge is 0.399 e. The van der Waals surface area contributed by atoms with E-state index in [0.717, 1.165) is 22.5 Å². The Kier molecular flexibility index (Phi) is 2.22. The number of carbonyl (C=O) groups excluding carboxylic acids is 1. The van der Waals surface area contributed by atoms with Gasteiger partial charge in [0.05, 0.1) is 11.1 Å². The van der Waals surface area contributed by atoms with Crippen molar-refractivity contribution < 1.29 is 4.79 Å².